The van der Waals surface area contributed by atoms with Crippen LogP contribution in [0.25, 0.3) is 0 Å². The van der Waals surface area contributed by atoms with Gasteiger partial charge in [0.2, 0.25) is 0 Å². The molecule has 20 heavy (non-hydrogen) atoms. The quantitative estimate of drug-likeness (QED) is 0.874. The lowest BCUT2D eigenvalue weighted by Gasteiger charge is -2.24. The van der Waals surface area contributed by atoms with Crippen molar-refractivity contribution in [1.29, 1.82) is 0 Å². The molecule has 1 fully saturated rings. The molecule has 0 spiro atoms. The van der Waals surface area contributed by atoms with Crippen molar-refractivity contribution in [3.8, 4) is 0 Å². The van der Waals surface area contributed by atoms with Gasteiger partial charge < -0.3 is 5.32 Å². The van der Waals surface area contributed by atoms with Crippen molar-refractivity contribution in [2.24, 2.45) is 5.92 Å². The number of rotatable bonds is 5. The van der Waals surface area contributed by atoms with Crippen LogP contribution in [0, 0.1) is 11.7 Å². The third kappa shape index (κ3) is 4.02. The van der Waals surface area contributed by atoms with Crippen LogP contribution >= 0.6 is 15.9 Å². The Kier molecular flexibility index (Phi) is 5.20. The first-order chi connectivity index (χ1) is 9.41. The molecule has 1 N–H and O–H groups in total. The third-order valence-electron chi connectivity index (χ3n) is 3.76. The molecule has 0 bridgehead atoms. The Morgan fingerprint density at radius 3 is 2.80 bits per heavy atom. The van der Waals surface area contributed by atoms with Crippen LogP contribution in [-0.2, 0) is 16.3 Å². The van der Waals surface area contributed by atoms with Crippen LogP contribution in [0.2, 0.25) is 0 Å². The highest BCUT2D eigenvalue weighted by atomic mass is 79.9. The lowest BCUT2D eigenvalue weighted by Crippen LogP contribution is -2.38. The molecule has 6 heteroatoms. The molecular formula is C14H19BrFNO2S. The van der Waals surface area contributed by atoms with Crippen molar-refractivity contribution in [2.75, 3.05) is 18.1 Å². The van der Waals surface area contributed by atoms with Crippen LogP contribution in [0.4, 0.5) is 4.39 Å². The van der Waals surface area contributed by atoms with Gasteiger partial charge in [0.05, 0.1) is 11.5 Å². The van der Waals surface area contributed by atoms with Crippen LogP contribution in [0.1, 0.15) is 18.9 Å². The molecule has 2 unspecified atom stereocenters. The van der Waals surface area contributed by atoms with Crippen molar-refractivity contribution in [3.63, 3.8) is 0 Å². The molecule has 1 aromatic carbocycles. The normalized spacial score (nSPS) is 22.9. The Labute approximate surface area is 128 Å². The molecule has 1 aromatic rings. The van der Waals surface area contributed by atoms with Gasteiger partial charge in [-0.2, -0.15) is 0 Å². The lowest BCUT2D eigenvalue weighted by atomic mass is 9.93. The predicted molar refractivity (Wildman–Crippen MR) is 82.0 cm³/mol. The van der Waals surface area contributed by atoms with Gasteiger partial charge in [-0.25, -0.2) is 12.8 Å². The minimum absolute atomic E-state index is 0.110. The zero-order chi connectivity index (χ0) is 14.8. The first-order valence-electron chi connectivity index (χ1n) is 6.79. The highest BCUT2D eigenvalue weighted by Gasteiger charge is 2.33. The number of hydrogen-bond donors (Lipinski definition) is 1. The zero-order valence-electron chi connectivity index (χ0n) is 11.4. The summed E-state index contributed by atoms with van der Waals surface area (Å²) in [5.74, 6) is 0.397. The molecule has 1 aliphatic heterocycles. The van der Waals surface area contributed by atoms with Gasteiger partial charge in [0.1, 0.15) is 5.82 Å². The lowest BCUT2D eigenvalue weighted by molar-refractivity contribution is 0.385. The first-order valence-corrected chi connectivity index (χ1v) is 9.40. The molecular weight excluding hydrogens is 345 g/mol. The minimum atomic E-state index is -2.88. The Morgan fingerprint density at radius 1 is 1.50 bits per heavy atom. The maximum absolute atomic E-state index is 13.1. The molecule has 0 radical (unpaired) electrons. The topological polar surface area (TPSA) is 46.2 Å². The standard InChI is InChI=1S/C14H19BrFNO2S/c1-2-17-14(11-5-6-20(18,19)9-11)7-10-3-4-12(16)8-13(10)15/h3-4,8,11,14,17H,2,5-7,9H2,1H3. The maximum Gasteiger partial charge on any atom is 0.150 e. The van der Waals surface area contributed by atoms with Crippen LogP contribution in [0.15, 0.2) is 22.7 Å². The van der Waals surface area contributed by atoms with Crippen molar-refractivity contribution in [3.05, 3.63) is 34.1 Å². The van der Waals surface area contributed by atoms with Gasteiger partial charge in [-0.3, -0.25) is 0 Å². The maximum atomic E-state index is 13.1. The first kappa shape index (κ1) is 15.9. The third-order valence-corrected chi connectivity index (χ3v) is 6.29. The zero-order valence-corrected chi connectivity index (χ0v) is 13.8. The van der Waals surface area contributed by atoms with Crippen LogP contribution in [0.5, 0.6) is 0 Å². The second-order valence-electron chi connectivity index (χ2n) is 5.27. The Hall–Kier alpha value is -0.460. The molecule has 0 aliphatic carbocycles. The number of hydrogen-bond acceptors (Lipinski definition) is 3. The second kappa shape index (κ2) is 6.54. The fourth-order valence-electron chi connectivity index (χ4n) is 2.73. The fourth-order valence-corrected chi connectivity index (χ4v) is 5.13. The molecule has 0 saturated carbocycles. The summed E-state index contributed by atoms with van der Waals surface area (Å²) in [7, 11) is -2.88. The SMILES string of the molecule is CCNC(Cc1ccc(F)cc1Br)C1CCS(=O)(=O)C1. The summed E-state index contributed by atoms with van der Waals surface area (Å²) in [5.41, 5.74) is 1.00. The minimum Gasteiger partial charge on any atom is -0.314 e. The smallest absolute Gasteiger partial charge is 0.150 e. The second-order valence-corrected chi connectivity index (χ2v) is 8.35. The van der Waals surface area contributed by atoms with Gasteiger partial charge in [0, 0.05) is 10.5 Å². The summed E-state index contributed by atoms with van der Waals surface area (Å²) < 4.78 is 37.1. The van der Waals surface area contributed by atoms with Crippen LogP contribution in [0.3, 0.4) is 0 Å². The number of sulfone groups is 1. The van der Waals surface area contributed by atoms with Crippen molar-refractivity contribution in [2.45, 2.75) is 25.8 Å². The average molecular weight is 364 g/mol. The molecule has 0 amide bonds. The Balaban J connectivity index is 2.13. The number of halogens is 2. The van der Waals surface area contributed by atoms with E-state index in [1.165, 1.54) is 12.1 Å². The van der Waals surface area contributed by atoms with E-state index in [9.17, 15) is 12.8 Å². The van der Waals surface area contributed by atoms with E-state index >= 15 is 0 Å². The average Bonchev–Trinajstić information content (AvgIpc) is 2.72. The van der Waals surface area contributed by atoms with Crippen LogP contribution < -0.4 is 5.32 Å². The number of likely N-dealkylation sites (N-methyl/N-ethyl adjacent to an activating group) is 1. The summed E-state index contributed by atoms with van der Waals surface area (Å²) >= 11 is 3.37. The molecule has 3 nitrogen and oxygen atoms in total. The van der Waals surface area contributed by atoms with Gasteiger partial charge in [-0.15, -0.1) is 0 Å². The molecule has 1 saturated heterocycles. The van der Waals surface area contributed by atoms with Gasteiger partial charge in [0.15, 0.2) is 9.84 Å². The molecule has 1 heterocycles. The van der Waals surface area contributed by atoms with E-state index in [1.807, 2.05) is 6.92 Å². The summed E-state index contributed by atoms with van der Waals surface area (Å²) in [6.45, 7) is 2.80. The van der Waals surface area contributed by atoms with Gasteiger partial charge >= 0.3 is 0 Å². The van der Waals surface area contributed by atoms with Gasteiger partial charge in [-0.05, 0) is 43.0 Å². The largest absolute Gasteiger partial charge is 0.314 e. The molecule has 2 rings (SSSR count). The van der Waals surface area contributed by atoms with E-state index in [0.29, 0.717) is 12.8 Å². The van der Waals surface area contributed by atoms with Crippen molar-refractivity contribution in [1.82, 2.24) is 5.32 Å². The highest BCUT2D eigenvalue weighted by molar-refractivity contribution is 9.10. The summed E-state index contributed by atoms with van der Waals surface area (Å²) in [6, 6.07) is 4.75. The summed E-state index contributed by atoms with van der Waals surface area (Å²) in [5, 5.41) is 3.37. The number of nitrogens with one attached hydrogen (secondary N) is 1. The highest BCUT2D eigenvalue weighted by Crippen LogP contribution is 2.26. The van der Waals surface area contributed by atoms with Crippen LogP contribution in [-0.4, -0.2) is 32.5 Å². The van der Waals surface area contributed by atoms with E-state index in [0.717, 1.165) is 16.6 Å². The molecule has 0 aromatic heterocycles. The molecule has 112 valence electrons. The van der Waals surface area contributed by atoms with E-state index < -0.39 is 9.84 Å². The van der Waals surface area contributed by atoms with Gasteiger partial charge in [-0.1, -0.05) is 28.9 Å². The monoisotopic (exact) mass is 363 g/mol. The van der Waals surface area contributed by atoms with E-state index in [4.69, 9.17) is 0 Å². The summed E-state index contributed by atoms with van der Waals surface area (Å²) in [6.07, 6.45) is 1.41. The fraction of sp³-hybridized carbons (Fsp3) is 0.571. The van der Waals surface area contributed by atoms with Crippen molar-refractivity contribution < 1.29 is 12.8 Å². The summed E-state index contributed by atoms with van der Waals surface area (Å²) in [4.78, 5) is 0. The molecule has 1 aliphatic rings. The van der Waals surface area contributed by atoms with E-state index in [1.54, 1.807) is 6.07 Å². The Bertz CT molecular complexity index is 577. The molecule has 2 atom stereocenters. The predicted octanol–water partition coefficient (Wildman–Crippen LogP) is 2.54. The van der Waals surface area contributed by atoms with Gasteiger partial charge in [0.25, 0.3) is 0 Å². The van der Waals surface area contributed by atoms with Crippen molar-refractivity contribution >= 4 is 25.8 Å². The number of benzene rings is 1. The Morgan fingerprint density at radius 2 is 2.25 bits per heavy atom. The van der Waals surface area contributed by atoms with E-state index in [2.05, 4.69) is 21.2 Å². The van der Waals surface area contributed by atoms with E-state index in [-0.39, 0.29) is 29.3 Å².